The number of nitrogens with one attached hydrogen (secondary N) is 2. The lowest BCUT2D eigenvalue weighted by Crippen LogP contribution is -2.47. The van der Waals surface area contributed by atoms with E-state index in [1.807, 2.05) is 25.1 Å². The Morgan fingerprint density at radius 1 is 1.07 bits per heavy atom. The summed E-state index contributed by atoms with van der Waals surface area (Å²) in [5.41, 5.74) is 2.70. The van der Waals surface area contributed by atoms with E-state index in [0.29, 0.717) is 10.7 Å². The number of anilines is 1. The van der Waals surface area contributed by atoms with Gasteiger partial charge in [-0.2, -0.15) is 0 Å². The zero-order valence-electron chi connectivity index (χ0n) is 15.4. The molecular weight excluding hydrogens is 362 g/mol. The SMILES string of the molecule is Cc1ccc(Cl)cc1NC(=O)C(=O)NC1CCN(Cc2ccccc2)CC1. The van der Waals surface area contributed by atoms with Crippen LogP contribution in [-0.2, 0) is 16.1 Å². The Bertz CT molecular complexity index is 802. The number of carbonyl (C=O) groups is 2. The predicted molar refractivity (Wildman–Crippen MR) is 108 cm³/mol. The third kappa shape index (κ3) is 5.55. The van der Waals surface area contributed by atoms with Gasteiger partial charge in [0.25, 0.3) is 0 Å². The topological polar surface area (TPSA) is 61.4 Å². The lowest BCUT2D eigenvalue weighted by molar-refractivity contribution is -0.136. The highest BCUT2D eigenvalue weighted by Gasteiger charge is 2.23. The van der Waals surface area contributed by atoms with Crippen LogP contribution in [0.2, 0.25) is 5.02 Å². The van der Waals surface area contributed by atoms with Crippen LogP contribution in [0.5, 0.6) is 0 Å². The smallest absolute Gasteiger partial charge is 0.313 e. The third-order valence-electron chi connectivity index (χ3n) is 4.83. The van der Waals surface area contributed by atoms with Gasteiger partial charge < -0.3 is 10.6 Å². The highest BCUT2D eigenvalue weighted by molar-refractivity contribution is 6.40. The first-order chi connectivity index (χ1) is 13.0. The fourth-order valence-electron chi connectivity index (χ4n) is 3.24. The molecule has 6 heteroatoms. The average Bonchev–Trinajstić information content (AvgIpc) is 2.67. The molecule has 1 aliphatic heterocycles. The van der Waals surface area contributed by atoms with Crippen LogP contribution >= 0.6 is 11.6 Å². The molecular formula is C21H24ClN3O2. The summed E-state index contributed by atoms with van der Waals surface area (Å²) in [5.74, 6) is -1.26. The van der Waals surface area contributed by atoms with Crippen molar-refractivity contribution in [1.29, 1.82) is 0 Å². The van der Waals surface area contributed by atoms with Crippen molar-refractivity contribution < 1.29 is 9.59 Å². The van der Waals surface area contributed by atoms with E-state index in [1.54, 1.807) is 18.2 Å². The van der Waals surface area contributed by atoms with Crippen molar-refractivity contribution in [2.75, 3.05) is 18.4 Å². The van der Waals surface area contributed by atoms with Crippen LogP contribution in [0.1, 0.15) is 24.0 Å². The molecule has 2 amide bonds. The number of likely N-dealkylation sites (tertiary alicyclic amines) is 1. The Kier molecular flexibility index (Phi) is 6.48. The van der Waals surface area contributed by atoms with E-state index in [1.165, 1.54) is 5.56 Å². The van der Waals surface area contributed by atoms with Gasteiger partial charge >= 0.3 is 11.8 Å². The van der Waals surface area contributed by atoms with Crippen molar-refractivity contribution in [3.05, 3.63) is 64.7 Å². The molecule has 1 heterocycles. The minimum atomic E-state index is -0.660. The van der Waals surface area contributed by atoms with Crippen LogP contribution in [0, 0.1) is 6.92 Å². The van der Waals surface area contributed by atoms with Crippen LogP contribution in [0.4, 0.5) is 5.69 Å². The van der Waals surface area contributed by atoms with Gasteiger partial charge in [0.15, 0.2) is 0 Å². The Labute approximate surface area is 164 Å². The zero-order chi connectivity index (χ0) is 19.2. The van der Waals surface area contributed by atoms with Crippen molar-refractivity contribution in [2.24, 2.45) is 0 Å². The summed E-state index contributed by atoms with van der Waals surface area (Å²) in [4.78, 5) is 26.8. The Balaban J connectivity index is 1.46. The fourth-order valence-corrected chi connectivity index (χ4v) is 3.41. The third-order valence-corrected chi connectivity index (χ3v) is 5.06. The van der Waals surface area contributed by atoms with Gasteiger partial charge in [-0.1, -0.05) is 48.0 Å². The highest BCUT2D eigenvalue weighted by Crippen LogP contribution is 2.20. The summed E-state index contributed by atoms with van der Waals surface area (Å²) in [7, 11) is 0. The van der Waals surface area contributed by atoms with E-state index in [0.717, 1.165) is 38.0 Å². The van der Waals surface area contributed by atoms with E-state index in [9.17, 15) is 9.59 Å². The van der Waals surface area contributed by atoms with Crippen LogP contribution in [-0.4, -0.2) is 35.8 Å². The summed E-state index contributed by atoms with van der Waals surface area (Å²) in [6, 6.07) is 15.6. The average molecular weight is 386 g/mol. The molecule has 2 aromatic rings. The zero-order valence-corrected chi connectivity index (χ0v) is 16.1. The van der Waals surface area contributed by atoms with Crippen molar-refractivity contribution >= 4 is 29.1 Å². The number of piperidine rings is 1. The van der Waals surface area contributed by atoms with Gasteiger partial charge in [0.2, 0.25) is 0 Å². The first kappa shape index (κ1) is 19.4. The van der Waals surface area contributed by atoms with Crippen molar-refractivity contribution in [2.45, 2.75) is 32.4 Å². The highest BCUT2D eigenvalue weighted by atomic mass is 35.5. The molecule has 0 bridgehead atoms. The number of amides is 2. The van der Waals surface area contributed by atoms with Crippen molar-refractivity contribution in [1.82, 2.24) is 10.2 Å². The first-order valence-corrected chi connectivity index (χ1v) is 9.53. The molecule has 1 saturated heterocycles. The van der Waals surface area contributed by atoms with E-state index in [4.69, 9.17) is 11.6 Å². The van der Waals surface area contributed by atoms with E-state index < -0.39 is 11.8 Å². The number of nitrogens with zero attached hydrogens (tertiary/aromatic N) is 1. The quantitative estimate of drug-likeness (QED) is 0.793. The Morgan fingerprint density at radius 2 is 1.78 bits per heavy atom. The minimum Gasteiger partial charge on any atom is -0.345 e. The number of hydrogen-bond acceptors (Lipinski definition) is 3. The number of rotatable bonds is 4. The largest absolute Gasteiger partial charge is 0.345 e. The summed E-state index contributed by atoms with van der Waals surface area (Å²) in [6.45, 7) is 4.56. The second kappa shape index (κ2) is 9.02. The summed E-state index contributed by atoms with van der Waals surface area (Å²) >= 11 is 5.95. The van der Waals surface area contributed by atoms with Crippen LogP contribution in [0.3, 0.4) is 0 Å². The molecule has 5 nitrogen and oxygen atoms in total. The lowest BCUT2D eigenvalue weighted by atomic mass is 10.0. The monoisotopic (exact) mass is 385 g/mol. The summed E-state index contributed by atoms with van der Waals surface area (Å²) in [5, 5.41) is 6.00. The number of benzene rings is 2. The summed E-state index contributed by atoms with van der Waals surface area (Å²) in [6.07, 6.45) is 1.67. The van der Waals surface area contributed by atoms with Crippen LogP contribution in [0.25, 0.3) is 0 Å². The molecule has 0 aromatic heterocycles. The van der Waals surface area contributed by atoms with E-state index in [-0.39, 0.29) is 6.04 Å². The molecule has 0 spiro atoms. The molecule has 2 aromatic carbocycles. The van der Waals surface area contributed by atoms with Gasteiger partial charge in [-0.15, -0.1) is 0 Å². The molecule has 0 atom stereocenters. The summed E-state index contributed by atoms with van der Waals surface area (Å²) < 4.78 is 0. The predicted octanol–water partition coefficient (Wildman–Crippen LogP) is 3.37. The standard InChI is InChI=1S/C21H24ClN3O2/c1-15-7-8-17(22)13-19(15)24-21(27)20(26)23-18-9-11-25(12-10-18)14-16-5-3-2-4-6-16/h2-8,13,18H,9-12,14H2,1H3,(H,23,26)(H,24,27). The molecule has 1 aliphatic rings. The molecule has 0 aliphatic carbocycles. The lowest BCUT2D eigenvalue weighted by Gasteiger charge is -2.32. The Morgan fingerprint density at radius 3 is 2.48 bits per heavy atom. The molecule has 0 radical (unpaired) electrons. The maximum absolute atomic E-state index is 12.2. The number of halogens is 1. The number of hydrogen-bond donors (Lipinski definition) is 2. The maximum Gasteiger partial charge on any atom is 0.313 e. The van der Waals surface area contributed by atoms with Crippen LogP contribution in [0.15, 0.2) is 48.5 Å². The molecule has 0 saturated carbocycles. The molecule has 0 unspecified atom stereocenters. The van der Waals surface area contributed by atoms with E-state index >= 15 is 0 Å². The molecule has 27 heavy (non-hydrogen) atoms. The van der Waals surface area contributed by atoms with Gasteiger partial charge in [0.05, 0.1) is 0 Å². The normalized spacial score (nSPS) is 15.3. The maximum atomic E-state index is 12.2. The van der Waals surface area contributed by atoms with Gasteiger partial charge in [-0.25, -0.2) is 0 Å². The van der Waals surface area contributed by atoms with Crippen molar-refractivity contribution in [3.8, 4) is 0 Å². The second-order valence-corrected chi connectivity index (χ2v) is 7.36. The first-order valence-electron chi connectivity index (χ1n) is 9.15. The molecule has 1 fully saturated rings. The van der Waals surface area contributed by atoms with Crippen molar-refractivity contribution in [3.63, 3.8) is 0 Å². The number of carbonyl (C=O) groups excluding carboxylic acids is 2. The van der Waals surface area contributed by atoms with Crippen LogP contribution < -0.4 is 10.6 Å². The molecule has 3 rings (SSSR count). The second-order valence-electron chi connectivity index (χ2n) is 6.92. The van der Waals surface area contributed by atoms with Gasteiger partial charge in [-0.05, 0) is 43.0 Å². The number of aryl methyl sites for hydroxylation is 1. The van der Waals surface area contributed by atoms with Gasteiger partial charge in [-0.3, -0.25) is 14.5 Å². The molecule has 142 valence electrons. The Hall–Kier alpha value is -2.37. The minimum absolute atomic E-state index is 0.0238. The van der Waals surface area contributed by atoms with Gasteiger partial charge in [0, 0.05) is 36.4 Å². The van der Waals surface area contributed by atoms with E-state index in [2.05, 4.69) is 27.7 Å². The van der Waals surface area contributed by atoms with Gasteiger partial charge in [0.1, 0.15) is 0 Å². The fraction of sp³-hybridized carbons (Fsp3) is 0.333. The molecule has 2 N–H and O–H groups in total.